The predicted octanol–water partition coefficient (Wildman–Crippen LogP) is 5.40. The van der Waals surface area contributed by atoms with Crippen LogP contribution in [0.4, 0.5) is 5.69 Å². The molecule has 1 aliphatic heterocycles. The van der Waals surface area contributed by atoms with Gasteiger partial charge in [0, 0.05) is 0 Å². The van der Waals surface area contributed by atoms with Gasteiger partial charge in [0.1, 0.15) is 16.4 Å². The van der Waals surface area contributed by atoms with Gasteiger partial charge in [-0.1, -0.05) is 47.6 Å². The van der Waals surface area contributed by atoms with Crippen molar-refractivity contribution >= 4 is 46.1 Å². The fraction of sp³-hybridized carbons (Fsp3) is 0.0952. The van der Waals surface area contributed by atoms with Gasteiger partial charge < -0.3 is 9.84 Å². The number of aliphatic hydroxyl groups is 1. The first-order valence-corrected chi connectivity index (χ1v) is 9.57. The number of esters is 1. The predicted molar refractivity (Wildman–Crippen MR) is 112 cm³/mol. The maximum Gasteiger partial charge on any atom is 0.344 e. The maximum absolute atomic E-state index is 12.4. The van der Waals surface area contributed by atoms with E-state index in [0.717, 1.165) is 17.3 Å². The Morgan fingerprint density at radius 2 is 2.11 bits per heavy atom. The highest BCUT2D eigenvalue weighted by Crippen LogP contribution is 2.41. The van der Waals surface area contributed by atoms with Crippen LogP contribution in [0.3, 0.4) is 0 Å². The van der Waals surface area contributed by atoms with Gasteiger partial charge in [-0.2, -0.15) is 5.26 Å². The molecule has 7 heteroatoms. The van der Waals surface area contributed by atoms with Gasteiger partial charge in [-0.15, -0.1) is 0 Å². The molecular formula is C21H15ClN2O3S. The van der Waals surface area contributed by atoms with Gasteiger partial charge in [0.05, 0.1) is 33.9 Å². The summed E-state index contributed by atoms with van der Waals surface area (Å²) >= 11 is 7.31. The first-order chi connectivity index (χ1) is 13.5. The summed E-state index contributed by atoms with van der Waals surface area (Å²) < 4.78 is 5.08. The summed E-state index contributed by atoms with van der Waals surface area (Å²) in [7, 11) is 0. The number of para-hydroxylation sites is 1. The van der Waals surface area contributed by atoms with E-state index >= 15 is 0 Å². The van der Waals surface area contributed by atoms with Gasteiger partial charge in [0.25, 0.3) is 0 Å². The highest BCUT2D eigenvalue weighted by Gasteiger charge is 2.33. The third kappa shape index (κ3) is 4.28. The van der Waals surface area contributed by atoms with E-state index in [9.17, 15) is 9.90 Å². The van der Waals surface area contributed by atoms with Crippen molar-refractivity contribution in [1.82, 2.24) is 0 Å². The number of rotatable bonds is 4. The van der Waals surface area contributed by atoms with Gasteiger partial charge in [-0.05, 0) is 42.8 Å². The van der Waals surface area contributed by atoms with Crippen molar-refractivity contribution in [3.63, 3.8) is 0 Å². The lowest BCUT2D eigenvalue weighted by Gasteiger charge is -2.04. The number of aliphatic imine (C=N–C) groups is 1. The number of hydrogen-bond acceptors (Lipinski definition) is 6. The Labute approximate surface area is 171 Å². The molecule has 0 spiro atoms. The second kappa shape index (κ2) is 8.79. The fourth-order valence-corrected chi connectivity index (χ4v) is 3.70. The van der Waals surface area contributed by atoms with Crippen molar-refractivity contribution in [1.29, 1.82) is 5.26 Å². The van der Waals surface area contributed by atoms with Crippen LogP contribution in [0.2, 0.25) is 5.02 Å². The molecule has 0 amide bonds. The number of hydrogen-bond donors (Lipinski definition) is 1. The summed E-state index contributed by atoms with van der Waals surface area (Å²) in [4.78, 5) is 17.3. The number of aliphatic hydroxyl groups excluding tert-OH is 1. The average molecular weight is 411 g/mol. The monoisotopic (exact) mass is 410 g/mol. The quantitative estimate of drug-likeness (QED) is 0.682. The van der Waals surface area contributed by atoms with E-state index in [1.807, 2.05) is 0 Å². The van der Waals surface area contributed by atoms with Crippen LogP contribution in [0.5, 0.6) is 0 Å². The summed E-state index contributed by atoms with van der Waals surface area (Å²) in [5.74, 6) is -0.871. The Morgan fingerprint density at radius 1 is 1.32 bits per heavy atom. The molecule has 28 heavy (non-hydrogen) atoms. The van der Waals surface area contributed by atoms with Gasteiger partial charge >= 0.3 is 5.97 Å². The van der Waals surface area contributed by atoms with Crippen molar-refractivity contribution in [2.75, 3.05) is 6.61 Å². The largest absolute Gasteiger partial charge is 0.506 e. The van der Waals surface area contributed by atoms with Crippen molar-refractivity contribution in [3.8, 4) is 6.07 Å². The Hall–Kier alpha value is -3.01. The number of nitrogens with zero attached hydrogens (tertiary/aromatic N) is 2. The lowest BCUT2D eigenvalue weighted by atomic mass is 10.1. The molecule has 3 rings (SSSR count). The molecule has 0 aliphatic carbocycles. The standard InChI is InChI=1S/C21H15ClN2O3S/c1-2-27-21(26)18-19(25)17(11-13-6-5-7-14(10-13)12-23)28-20(18)24-16-9-4-3-8-15(16)22/h3-11,25H,2H2,1H3/b17-11+,24-20?. The second-order valence-electron chi connectivity index (χ2n) is 5.66. The Bertz CT molecular complexity index is 1070. The smallest absolute Gasteiger partial charge is 0.344 e. The van der Waals surface area contributed by atoms with Crippen molar-refractivity contribution in [2.45, 2.75) is 6.92 Å². The lowest BCUT2D eigenvalue weighted by molar-refractivity contribution is -0.138. The van der Waals surface area contributed by atoms with E-state index in [0.29, 0.717) is 26.2 Å². The molecule has 0 fully saturated rings. The van der Waals surface area contributed by atoms with Crippen molar-refractivity contribution < 1.29 is 14.6 Å². The topological polar surface area (TPSA) is 82.7 Å². The third-order valence-corrected chi connectivity index (χ3v) is 5.10. The van der Waals surface area contributed by atoms with Crippen molar-refractivity contribution in [3.05, 3.63) is 80.9 Å². The maximum atomic E-state index is 12.4. The number of thioether (sulfide) groups is 1. The number of ether oxygens (including phenoxy) is 1. The Morgan fingerprint density at radius 3 is 2.82 bits per heavy atom. The molecule has 0 unspecified atom stereocenters. The molecule has 2 aromatic carbocycles. The van der Waals surface area contributed by atoms with Gasteiger partial charge in [0.15, 0.2) is 0 Å². The summed E-state index contributed by atoms with van der Waals surface area (Å²) in [6, 6.07) is 16.0. The van der Waals surface area contributed by atoms with Gasteiger partial charge in [-0.25, -0.2) is 9.79 Å². The molecule has 0 atom stereocenters. The lowest BCUT2D eigenvalue weighted by Crippen LogP contribution is -2.12. The van der Waals surface area contributed by atoms with E-state index in [2.05, 4.69) is 11.1 Å². The van der Waals surface area contributed by atoms with E-state index in [1.54, 1.807) is 61.5 Å². The molecule has 0 saturated carbocycles. The second-order valence-corrected chi connectivity index (χ2v) is 7.10. The molecule has 0 bridgehead atoms. The van der Waals surface area contributed by atoms with Gasteiger partial charge in [-0.3, -0.25) is 0 Å². The van der Waals surface area contributed by atoms with Crippen LogP contribution in [0, 0.1) is 11.3 Å². The summed E-state index contributed by atoms with van der Waals surface area (Å²) in [5, 5.41) is 20.4. The molecule has 1 heterocycles. The molecule has 0 aromatic heterocycles. The summed E-state index contributed by atoms with van der Waals surface area (Å²) in [6.07, 6.45) is 1.69. The van der Waals surface area contributed by atoms with E-state index in [4.69, 9.17) is 21.6 Å². The number of halogens is 1. The first-order valence-electron chi connectivity index (χ1n) is 8.37. The van der Waals surface area contributed by atoms with Crippen LogP contribution in [0.15, 0.2) is 69.8 Å². The number of carbonyl (C=O) groups excluding carboxylic acids is 1. The van der Waals surface area contributed by atoms with Crippen LogP contribution < -0.4 is 0 Å². The fourth-order valence-electron chi connectivity index (χ4n) is 2.49. The molecule has 2 aromatic rings. The molecule has 140 valence electrons. The van der Waals surface area contributed by atoms with E-state index in [-0.39, 0.29) is 17.9 Å². The summed E-state index contributed by atoms with van der Waals surface area (Å²) in [5.41, 5.74) is 1.69. The molecular weight excluding hydrogens is 396 g/mol. The normalized spacial score (nSPS) is 16.5. The van der Waals surface area contributed by atoms with E-state index < -0.39 is 5.97 Å². The highest BCUT2D eigenvalue weighted by atomic mass is 35.5. The molecule has 0 saturated heterocycles. The highest BCUT2D eigenvalue weighted by molar-refractivity contribution is 8.18. The van der Waals surface area contributed by atoms with Crippen LogP contribution >= 0.6 is 23.4 Å². The minimum absolute atomic E-state index is 0.00513. The SMILES string of the molecule is CCOC(=O)C1=C(O)/C(=C\c2cccc(C#N)c2)SC1=Nc1ccccc1Cl. The summed E-state index contributed by atoms with van der Waals surface area (Å²) in [6.45, 7) is 1.86. The number of nitriles is 1. The van der Waals surface area contributed by atoms with Crippen LogP contribution in [0.1, 0.15) is 18.1 Å². The third-order valence-electron chi connectivity index (χ3n) is 3.76. The molecule has 1 aliphatic rings. The zero-order chi connectivity index (χ0) is 20.1. The number of carbonyl (C=O) groups is 1. The Balaban J connectivity index is 2.07. The first kappa shape index (κ1) is 19.7. The minimum Gasteiger partial charge on any atom is -0.506 e. The van der Waals surface area contributed by atoms with Crippen LogP contribution in [0.25, 0.3) is 6.08 Å². The number of benzene rings is 2. The molecule has 5 nitrogen and oxygen atoms in total. The molecule has 1 N–H and O–H groups in total. The Kier molecular flexibility index (Phi) is 6.19. The van der Waals surface area contributed by atoms with Crippen LogP contribution in [-0.2, 0) is 9.53 Å². The minimum atomic E-state index is -0.660. The zero-order valence-electron chi connectivity index (χ0n) is 14.8. The van der Waals surface area contributed by atoms with E-state index in [1.165, 1.54) is 0 Å². The molecule has 0 radical (unpaired) electrons. The zero-order valence-corrected chi connectivity index (χ0v) is 16.4. The van der Waals surface area contributed by atoms with Crippen LogP contribution in [-0.4, -0.2) is 22.7 Å². The average Bonchev–Trinajstić information content (AvgIpc) is 2.99. The van der Waals surface area contributed by atoms with Gasteiger partial charge in [0.2, 0.25) is 0 Å². The van der Waals surface area contributed by atoms with Crippen molar-refractivity contribution in [2.24, 2.45) is 4.99 Å².